The molecule has 1 aromatic carbocycles. The van der Waals surface area contributed by atoms with E-state index < -0.39 is 30.6 Å². The number of rotatable bonds is 9. The van der Waals surface area contributed by atoms with Crippen LogP contribution in [0.2, 0.25) is 0 Å². The molecule has 0 radical (unpaired) electrons. The van der Waals surface area contributed by atoms with Crippen molar-refractivity contribution in [2.24, 2.45) is 10.7 Å². The summed E-state index contributed by atoms with van der Waals surface area (Å²) in [6.07, 6.45) is 2.36. The second-order valence-corrected chi connectivity index (χ2v) is 9.02. The third-order valence-electron chi connectivity index (χ3n) is 6.32. The summed E-state index contributed by atoms with van der Waals surface area (Å²) in [6.45, 7) is 3.50. The molecule has 0 aliphatic carbocycles. The van der Waals surface area contributed by atoms with E-state index in [-0.39, 0.29) is 5.91 Å². The maximum Gasteiger partial charge on any atom is 0.383 e. The molecule has 3 heterocycles. The second-order valence-electron chi connectivity index (χ2n) is 9.02. The molecular weight excluding hydrogens is 436 g/mol. The summed E-state index contributed by atoms with van der Waals surface area (Å²) in [5, 5.41) is 24.1. The predicted molar refractivity (Wildman–Crippen MR) is 130 cm³/mol. The molecule has 10 heteroatoms. The highest BCUT2D eigenvalue weighted by Crippen LogP contribution is 2.27. The number of aryl methyl sites for hydroxylation is 2. The van der Waals surface area contributed by atoms with E-state index in [1.165, 1.54) is 5.56 Å². The van der Waals surface area contributed by atoms with E-state index >= 15 is 0 Å². The van der Waals surface area contributed by atoms with Gasteiger partial charge in [0.1, 0.15) is 18.3 Å². The minimum Gasteiger partial charge on any atom is -0.400 e. The Labute approximate surface area is 199 Å². The van der Waals surface area contributed by atoms with Gasteiger partial charge in [-0.25, -0.2) is 9.66 Å². The zero-order chi connectivity index (χ0) is 24.2. The Morgan fingerprint density at radius 2 is 2.06 bits per heavy atom. The Morgan fingerprint density at radius 3 is 2.82 bits per heavy atom. The van der Waals surface area contributed by atoms with Gasteiger partial charge in [0.2, 0.25) is 18.2 Å². The molecule has 0 spiro atoms. The SMILES string of the molecule is Cc1ccc(CCC(=O)NCCN(C)C[C@H]2O[C@@H](N3C=NC4C(N)=CC=[N+]=C43)[C@H](O)[C@@H]2O)cc1. The summed E-state index contributed by atoms with van der Waals surface area (Å²) in [5.74, 6) is 0.571. The molecule has 4 rings (SSSR count). The van der Waals surface area contributed by atoms with Crippen LogP contribution in [0.3, 0.4) is 0 Å². The van der Waals surface area contributed by atoms with Crippen molar-refractivity contribution in [2.45, 2.75) is 50.3 Å². The standard InChI is InChI=1S/C24H32N6O4/c1-15-3-5-16(6-4-15)7-8-19(31)26-11-12-29(2)13-18-21(32)22(33)24(34-18)30-14-28-20-17(25)9-10-27-23(20)30/h3-6,9-10,14,18,20-22,24-25,32-33H,7-8,11-13H2,1-2H3,(H,26,31)/p+1/t18-,20?,21-,22-,24-/m1/s1. The van der Waals surface area contributed by atoms with Gasteiger partial charge in [-0.15, -0.1) is 0 Å². The molecule has 182 valence electrons. The number of amidine groups is 1. The lowest BCUT2D eigenvalue weighted by Gasteiger charge is -2.22. The topological polar surface area (TPSA) is 138 Å². The van der Waals surface area contributed by atoms with Crippen LogP contribution in [-0.2, 0) is 16.0 Å². The summed E-state index contributed by atoms with van der Waals surface area (Å²) < 4.78 is 10.3. The molecule has 1 amide bonds. The average Bonchev–Trinajstić information content (AvgIpc) is 3.36. The van der Waals surface area contributed by atoms with Crippen LogP contribution < -0.4 is 15.7 Å². The summed E-state index contributed by atoms with van der Waals surface area (Å²) in [4.78, 5) is 20.1. The fraction of sp³-hybridized carbons (Fsp3) is 0.500. The lowest BCUT2D eigenvalue weighted by molar-refractivity contribution is -0.121. The van der Waals surface area contributed by atoms with Crippen molar-refractivity contribution in [3.8, 4) is 0 Å². The van der Waals surface area contributed by atoms with Gasteiger partial charge in [-0.05, 0) is 26.0 Å². The van der Waals surface area contributed by atoms with Gasteiger partial charge in [0.25, 0.3) is 0 Å². The van der Waals surface area contributed by atoms with Crippen molar-refractivity contribution in [1.82, 2.24) is 19.8 Å². The van der Waals surface area contributed by atoms with Gasteiger partial charge in [0.15, 0.2) is 12.6 Å². The van der Waals surface area contributed by atoms with Gasteiger partial charge >= 0.3 is 5.84 Å². The smallest absolute Gasteiger partial charge is 0.383 e. The van der Waals surface area contributed by atoms with Gasteiger partial charge in [-0.1, -0.05) is 29.8 Å². The first-order chi connectivity index (χ1) is 16.3. The molecule has 5 N–H and O–H groups in total. The number of carbonyl (C=O) groups is 1. The fourth-order valence-electron chi connectivity index (χ4n) is 4.26. The fourth-order valence-corrected chi connectivity index (χ4v) is 4.26. The van der Waals surface area contributed by atoms with Crippen molar-refractivity contribution in [3.05, 3.63) is 47.2 Å². The number of amides is 1. The molecule has 1 fully saturated rings. The van der Waals surface area contributed by atoms with Crippen LogP contribution >= 0.6 is 0 Å². The zero-order valence-corrected chi connectivity index (χ0v) is 19.5. The molecule has 1 aromatic rings. The lowest BCUT2D eigenvalue weighted by atomic mass is 10.1. The van der Waals surface area contributed by atoms with Gasteiger partial charge < -0.3 is 30.9 Å². The van der Waals surface area contributed by atoms with E-state index in [9.17, 15) is 15.0 Å². The third kappa shape index (κ3) is 5.38. The molecular formula is C24H33N6O4+. The number of benzene rings is 1. The molecule has 1 unspecified atom stereocenters. The van der Waals surface area contributed by atoms with Crippen molar-refractivity contribution in [3.63, 3.8) is 0 Å². The number of aliphatic hydroxyl groups is 2. The molecule has 5 atom stereocenters. The van der Waals surface area contributed by atoms with Gasteiger partial charge in [0, 0.05) is 32.1 Å². The minimum absolute atomic E-state index is 0.00266. The summed E-state index contributed by atoms with van der Waals surface area (Å²) in [5.41, 5.74) is 8.88. The van der Waals surface area contributed by atoms with Crippen LogP contribution in [0.5, 0.6) is 0 Å². The third-order valence-corrected chi connectivity index (χ3v) is 6.32. The number of nitrogens with zero attached hydrogens (tertiary/aromatic N) is 4. The molecule has 34 heavy (non-hydrogen) atoms. The van der Waals surface area contributed by atoms with Crippen molar-refractivity contribution < 1.29 is 19.7 Å². The highest BCUT2D eigenvalue weighted by atomic mass is 16.6. The number of likely N-dealkylation sites (N-methyl/N-ethyl adjacent to an activating group) is 1. The lowest BCUT2D eigenvalue weighted by Crippen LogP contribution is -2.48. The number of allylic oxidation sites excluding steroid dienone is 1. The van der Waals surface area contributed by atoms with E-state index in [0.29, 0.717) is 44.0 Å². The minimum atomic E-state index is -1.13. The summed E-state index contributed by atoms with van der Waals surface area (Å²) in [7, 11) is 1.88. The molecule has 10 nitrogen and oxygen atoms in total. The van der Waals surface area contributed by atoms with Crippen molar-refractivity contribution in [2.75, 3.05) is 26.7 Å². The van der Waals surface area contributed by atoms with Gasteiger partial charge in [0.05, 0.1) is 5.70 Å². The normalized spacial score (nSPS) is 27.7. The summed E-state index contributed by atoms with van der Waals surface area (Å²) >= 11 is 0. The van der Waals surface area contributed by atoms with E-state index in [4.69, 9.17) is 10.5 Å². The highest BCUT2D eigenvalue weighted by Gasteiger charge is 2.53. The number of aliphatic hydroxyl groups excluding tert-OH is 2. The Hall–Kier alpha value is -3.01. The van der Waals surface area contributed by atoms with Crippen LogP contribution in [0.1, 0.15) is 17.5 Å². The monoisotopic (exact) mass is 469 g/mol. The molecule has 1 saturated heterocycles. The number of nitrogens with two attached hydrogens (primary N) is 1. The molecule has 3 aliphatic rings. The Morgan fingerprint density at radius 1 is 1.29 bits per heavy atom. The van der Waals surface area contributed by atoms with Crippen LogP contribution in [0, 0.1) is 6.92 Å². The molecule has 0 saturated carbocycles. The number of ether oxygens (including phenoxy) is 1. The molecule has 0 aromatic heterocycles. The quantitative estimate of drug-likeness (QED) is 0.324. The Bertz CT molecular complexity index is 1020. The van der Waals surface area contributed by atoms with Crippen LogP contribution in [-0.4, -0.2) is 102 Å². The van der Waals surface area contributed by atoms with Crippen molar-refractivity contribution in [1.29, 1.82) is 0 Å². The van der Waals surface area contributed by atoms with Crippen molar-refractivity contribution >= 4 is 24.3 Å². The zero-order valence-electron chi connectivity index (χ0n) is 19.5. The Kier molecular flexibility index (Phi) is 7.45. The van der Waals surface area contributed by atoms with Gasteiger partial charge in [-0.2, -0.15) is 4.90 Å². The number of fused-ring (bicyclic) bond motifs is 1. The number of hydrogen-bond acceptors (Lipinski definition) is 8. The van der Waals surface area contributed by atoms with E-state index in [1.54, 1.807) is 23.5 Å². The first-order valence-corrected chi connectivity index (χ1v) is 11.5. The number of nitrogens with one attached hydrogen (secondary N) is 1. The highest BCUT2D eigenvalue weighted by molar-refractivity contribution is 6.05. The molecule has 0 bridgehead atoms. The van der Waals surface area contributed by atoms with Crippen LogP contribution in [0.4, 0.5) is 0 Å². The second kappa shape index (κ2) is 10.5. The maximum atomic E-state index is 12.2. The number of carbonyl (C=O) groups excluding carboxylic acids is 1. The Balaban J connectivity index is 1.21. The first kappa shape index (κ1) is 24.1. The first-order valence-electron chi connectivity index (χ1n) is 11.5. The van der Waals surface area contributed by atoms with E-state index in [0.717, 1.165) is 5.56 Å². The van der Waals surface area contributed by atoms with Crippen LogP contribution in [0.25, 0.3) is 0 Å². The van der Waals surface area contributed by atoms with E-state index in [1.807, 2.05) is 43.1 Å². The van der Waals surface area contributed by atoms with Crippen LogP contribution in [0.15, 0.2) is 41.0 Å². The predicted octanol–water partition coefficient (Wildman–Crippen LogP) is -1.47. The summed E-state index contributed by atoms with van der Waals surface area (Å²) in [6, 6.07) is 7.79. The largest absolute Gasteiger partial charge is 0.400 e. The number of aliphatic imine (C=N–C) groups is 1. The van der Waals surface area contributed by atoms with Gasteiger partial charge in [-0.3, -0.25) is 4.79 Å². The molecule has 3 aliphatic heterocycles. The van der Waals surface area contributed by atoms with E-state index in [2.05, 4.69) is 15.0 Å². The number of hydrogen-bond donors (Lipinski definition) is 4. The average molecular weight is 470 g/mol. The maximum absolute atomic E-state index is 12.2.